The fourth-order valence-corrected chi connectivity index (χ4v) is 2.06. The first kappa shape index (κ1) is 14.9. The summed E-state index contributed by atoms with van der Waals surface area (Å²) in [5.74, 6) is 0.968. The average Bonchev–Trinajstić information content (AvgIpc) is 2.42. The Morgan fingerprint density at radius 3 is 2.44 bits per heavy atom. The molecule has 0 radical (unpaired) electrons. The van der Waals surface area contributed by atoms with Crippen molar-refractivity contribution >= 4 is 5.78 Å². The van der Waals surface area contributed by atoms with Crippen molar-refractivity contribution in [2.24, 2.45) is 5.92 Å². The summed E-state index contributed by atoms with van der Waals surface area (Å²) in [6.07, 6.45) is 3.63. The molecule has 0 aromatic heterocycles. The summed E-state index contributed by atoms with van der Waals surface area (Å²) in [6, 6.07) is 10.3. The van der Waals surface area contributed by atoms with Crippen molar-refractivity contribution in [3.8, 4) is 0 Å². The molecule has 1 aromatic rings. The van der Waals surface area contributed by atoms with Crippen LogP contribution >= 0.6 is 0 Å². The number of benzene rings is 1. The molecule has 100 valence electrons. The lowest BCUT2D eigenvalue weighted by Crippen LogP contribution is -2.19. The van der Waals surface area contributed by atoms with Gasteiger partial charge in [0.05, 0.1) is 0 Å². The maximum atomic E-state index is 11.7. The predicted molar refractivity (Wildman–Crippen MR) is 76.5 cm³/mol. The van der Waals surface area contributed by atoms with Crippen LogP contribution in [0, 0.1) is 5.92 Å². The van der Waals surface area contributed by atoms with Gasteiger partial charge in [0.2, 0.25) is 0 Å². The van der Waals surface area contributed by atoms with Crippen molar-refractivity contribution < 1.29 is 4.79 Å². The number of nitrogens with one attached hydrogen (secondary N) is 1. The van der Waals surface area contributed by atoms with E-state index in [1.807, 2.05) is 18.2 Å². The molecule has 0 unspecified atom stereocenters. The fourth-order valence-electron chi connectivity index (χ4n) is 2.06. The Kier molecular flexibility index (Phi) is 7.35. The highest BCUT2D eigenvalue weighted by Crippen LogP contribution is 2.13. The van der Waals surface area contributed by atoms with Gasteiger partial charge >= 0.3 is 0 Å². The van der Waals surface area contributed by atoms with E-state index in [4.69, 9.17) is 0 Å². The zero-order chi connectivity index (χ0) is 13.2. The Morgan fingerprint density at radius 1 is 1.17 bits per heavy atom. The fraction of sp³-hybridized carbons (Fsp3) is 0.562. The molecule has 0 aliphatic carbocycles. The van der Waals surface area contributed by atoms with Gasteiger partial charge in [0, 0.05) is 25.9 Å². The zero-order valence-electron chi connectivity index (χ0n) is 11.6. The first-order valence-electron chi connectivity index (χ1n) is 7.02. The summed E-state index contributed by atoms with van der Waals surface area (Å²) in [6.45, 7) is 5.96. The number of ketones is 1. The molecular formula is C16H25NO. The molecule has 0 spiro atoms. The van der Waals surface area contributed by atoms with E-state index in [1.54, 1.807) is 0 Å². The van der Waals surface area contributed by atoms with E-state index in [0.717, 1.165) is 32.4 Å². The number of Topliss-reactive ketones (excluding diaryl/α,β-unsaturated/α-hetero) is 1. The van der Waals surface area contributed by atoms with Crippen LogP contribution in [0.25, 0.3) is 0 Å². The molecule has 18 heavy (non-hydrogen) atoms. The molecular weight excluding hydrogens is 222 g/mol. The lowest BCUT2D eigenvalue weighted by Gasteiger charge is -2.11. The molecule has 2 nitrogen and oxygen atoms in total. The van der Waals surface area contributed by atoms with Gasteiger partial charge in [-0.15, -0.1) is 0 Å². The molecule has 0 atom stereocenters. The lowest BCUT2D eigenvalue weighted by molar-refractivity contribution is -0.119. The lowest BCUT2D eigenvalue weighted by atomic mass is 9.96. The SMILES string of the molecule is CCC(CC)CC(=O)CCNCc1ccccc1. The van der Waals surface area contributed by atoms with E-state index >= 15 is 0 Å². The molecule has 0 bridgehead atoms. The first-order valence-corrected chi connectivity index (χ1v) is 7.02. The van der Waals surface area contributed by atoms with Crippen LogP contribution in [0.5, 0.6) is 0 Å². The summed E-state index contributed by atoms with van der Waals surface area (Å²) < 4.78 is 0. The minimum Gasteiger partial charge on any atom is -0.312 e. The molecule has 0 saturated heterocycles. The standard InChI is InChI=1S/C16H25NO/c1-3-14(4-2)12-16(18)10-11-17-13-15-8-6-5-7-9-15/h5-9,14,17H,3-4,10-13H2,1-2H3. The molecule has 2 heteroatoms. The minimum absolute atomic E-state index is 0.393. The first-order chi connectivity index (χ1) is 8.76. The van der Waals surface area contributed by atoms with E-state index in [2.05, 4.69) is 31.3 Å². The number of hydrogen-bond acceptors (Lipinski definition) is 2. The van der Waals surface area contributed by atoms with Crippen molar-refractivity contribution in [1.82, 2.24) is 5.32 Å². The highest BCUT2D eigenvalue weighted by atomic mass is 16.1. The van der Waals surface area contributed by atoms with Crippen LogP contribution in [0.15, 0.2) is 30.3 Å². The summed E-state index contributed by atoms with van der Waals surface area (Å²) >= 11 is 0. The molecule has 0 saturated carbocycles. The molecule has 0 heterocycles. The summed E-state index contributed by atoms with van der Waals surface area (Å²) in [5.41, 5.74) is 1.27. The molecule has 0 aliphatic rings. The van der Waals surface area contributed by atoms with Gasteiger partial charge in [-0.1, -0.05) is 57.0 Å². The second-order valence-corrected chi connectivity index (χ2v) is 4.84. The van der Waals surface area contributed by atoms with Gasteiger partial charge in [-0.3, -0.25) is 4.79 Å². The smallest absolute Gasteiger partial charge is 0.134 e. The van der Waals surface area contributed by atoms with E-state index in [9.17, 15) is 4.79 Å². The predicted octanol–water partition coefficient (Wildman–Crippen LogP) is 3.56. The number of carbonyl (C=O) groups excluding carboxylic acids is 1. The monoisotopic (exact) mass is 247 g/mol. The van der Waals surface area contributed by atoms with Crippen LogP contribution < -0.4 is 5.32 Å². The van der Waals surface area contributed by atoms with E-state index in [-0.39, 0.29) is 0 Å². The molecule has 1 rings (SSSR count). The van der Waals surface area contributed by atoms with E-state index < -0.39 is 0 Å². The third-order valence-corrected chi connectivity index (χ3v) is 3.42. The zero-order valence-corrected chi connectivity index (χ0v) is 11.6. The normalized spacial score (nSPS) is 10.8. The van der Waals surface area contributed by atoms with Crippen LogP contribution in [-0.2, 0) is 11.3 Å². The summed E-state index contributed by atoms with van der Waals surface area (Å²) in [5, 5.41) is 3.32. The topological polar surface area (TPSA) is 29.1 Å². The van der Waals surface area contributed by atoms with Gasteiger partial charge in [-0.05, 0) is 11.5 Å². The molecule has 1 N–H and O–H groups in total. The van der Waals surface area contributed by atoms with Crippen molar-refractivity contribution in [3.63, 3.8) is 0 Å². The van der Waals surface area contributed by atoms with Gasteiger partial charge in [-0.2, -0.15) is 0 Å². The Morgan fingerprint density at radius 2 is 1.83 bits per heavy atom. The quantitative estimate of drug-likeness (QED) is 0.676. The Balaban J connectivity index is 2.12. The van der Waals surface area contributed by atoms with Crippen LogP contribution in [-0.4, -0.2) is 12.3 Å². The van der Waals surface area contributed by atoms with Crippen molar-refractivity contribution in [2.75, 3.05) is 6.54 Å². The van der Waals surface area contributed by atoms with E-state index in [0.29, 0.717) is 18.1 Å². The Labute approximate surface area is 111 Å². The highest BCUT2D eigenvalue weighted by Gasteiger charge is 2.09. The second kappa shape index (κ2) is 8.87. The van der Waals surface area contributed by atoms with Crippen LogP contribution in [0.2, 0.25) is 0 Å². The molecule has 1 aromatic carbocycles. The third kappa shape index (κ3) is 5.97. The second-order valence-electron chi connectivity index (χ2n) is 4.84. The largest absolute Gasteiger partial charge is 0.312 e. The van der Waals surface area contributed by atoms with Gasteiger partial charge < -0.3 is 5.32 Å². The Hall–Kier alpha value is -1.15. The van der Waals surface area contributed by atoms with E-state index in [1.165, 1.54) is 5.56 Å². The van der Waals surface area contributed by atoms with Gasteiger partial charge in [-0.25, -0.2) is 0 Å². The van der Waals surface area contributed by atoms with Crippen LogP contribution in [0.3, 0.4) is 0 Å². The van der Waals surface area contributed by atoms with Gasteiger partial charge in [0.25, 0.3) is 0 Å². The maximum Gasteiger partial charge on any atom is 0.134 e. The van der Waals surface area contributed by atoms with Crippen molar-refractivity contribution in [1.29, 1.82) is 0 Å². The summed E-state index contributed by atoms with van der Waals surface area (Å²) in [7, 11) is 0. The number of hydrogen-bond donors (Lipinski definition) is 1. The molecule has 0 aliphatic heterocycles. The summed E-state index contributed by atoms with van der Waals surface area (Å²) in [4.78, 5) is 11.7. The number of carbonyl (C=O) groups is 1. The maximum absolute atomic E-state index is 11.7. The van der Waals surface area contributed by atoms with Crippen molar-refractivity contribution in [2.45, 2.75) is 46.1 Å². The third-order valence-electron chi connectivity index (χ3n) is 3.42. The average molecular weight is 247 g/mol. The van der Waals surface area contributed by atoms with Crippen molar-refractivity contribution in [3.05, 3.63) is 35.9 Å². The minimum atomic E-state index is 0.393. The van der Waals surface area contributed by atoms with Gasteiger partial charge in [0.15, 0.2) is 0 Å². The Bertz CT molecular complexity index is 330. The highest BCUT2D eigenvalue weighted by molar-refractivity contribution is 5.78. The molecule has 0 fully saturated rings. The number of rotatable bonds is 9. The van der Waals surface area contributed by atoms with Crippen LogP contribution in [0.4, 0.5) is 0 Å². The molecule has 0 amide bonds. The van der Waals surface area contributed by atoms with Crippen LogP contribution in [0.1, 0.15) is 45.1 Å². The van der Waals surface area contributed by atoms with Gasteiger partial charge in [0.1, 0.15) is 5.78 Å².